The number of likely N-dealkylation sites (N-methyl/N-ethyl adjacent to an activating group) is 1. The molecule has 1 aromatic carbocycles. The van der Waals surface area contributed by atoms with Crippen molar-refractivity contribution in [3.8, 4) is 0 Å². The predicted octanol–water partition coefficient (Wildman–Crippen LogP) is -1.78. The lowest BCUT2D eigenvalue weighted by molar-refractivity contribution is -0.671. The Morgan fingerprint density at radius 1 is 1.11 bits per heavy atom. The number of carboxylic acid groups (broad SMARTS) is 1. The van der Waals surface area contributed by atoms with Crippen LogP contribution in [0.3, 0.4) is 0 Å². The van der Waals surface area contributed by atoms with Crippen LogP contribution in [0.5, 0.6) is 0 Å². The van der Waals surface area contributed by atoms with E-state index in [0.717, 1.165) is 21.6 Å². The first-order valence-corrected chi connectivity index (χ1v) is 16.5. The van der Waals surface area contributed by atoms with E-state index in [-0.39, 0.29) is 48.8 Å². The molecule has 17 heteroatoms. The number of hydrogen-bond acceptors (Lipinski definition) is 10. The van der Waals surface area contributed by atoms with Crippen molar-refractivity contribution in [1.82, 2.24) is 30.7 Å². The van der Waals surface area contributed by atoms with Gasteiger partial charge in [-0.3, -0.25) is 33.8 Å². The number of nitrogens with zero attached hydrogens (tertiary/aromatic N) is 4. The number of hydrogen-bond donors (Lipinski definition) is 3. The number of benzene rings is 1. The summed E-state index contributed by atoms with van der Waals surface area (Å²) >= 11 is 2.52. The Kier molecular flexibility index (Phi) is 9.85. The number of imide groups is 1. The molecule has 0 radical (unpaired) electrons. The van der Waals surface area contributed by atoms with Crippen molar-refractivity contribution in [3.63, 3.8) is 0 Å². The van der Waals surface area contributed by atoms with Gasteiger partial charge in [0.1, 0.15) is 18.5 Å². The average molecular weight is 682 g/mol. The van der Waals surface area contributed by atoms with E-state index in [4.69, 9.17) is 0 Å². The zero-order valence-electron chi connectivity index (χ0n) is 25.3. The number of urea groups is 1. The maximum absolute atomic E-state index is 13.9. The average Bonchev–Trinajstić information content (AvgIpc) is 3.07. The van der Waals surface area contributed by atoms with Crippen molar-refractivity contribution >= 4 is 65.6 Å². The summed E-state index contributed by atoms with van der Waals surface area (Å²) in [5, 5.41) is 18.6. The molecule has 246 valence electrons. The number of piperazine rings is 1. The summed E-state index contributed by atoms with van der Waals surface area (Å²) in [7, 11) is 1.87. The summed E-state index contributed by atoms with van der Waals surface area (Å²) in [5.41, 5.74) is -1.70. The van der Waals surface area contributed by atoms with Crippen LogP contribution in [-0.4, -0.2) is 98.9 Å². The van der Waals surface area contributed by atoms with E-state index in [1.807, 2.05) is 36.1 Å². The summed E-state index contributed by atoms with van der Waals surface area (Å²) in [4.78, 5) is 93.9. The Bertz CT molecular complexity index is 1650. The molecule has 0 saturated carbocycles. The molecule has 3 atom stereocenters. The Morgan fingerprint density at radius 3 is 2.45 bits per heavy atom. The van der Waals surface area contributed by atoms with Gasteiger partial charge in [-0.05, 0) is 18.1 Å². The highest BCUT2D eigenvalue weighted by atomic mass is 32.2. The molecule has 5 rings (SSSR count). The van der Waals surface area contributed by atoms with Crippen molar-refractivity contribution in [2.75, 3.05) is 31.1 Å². The first-order chi connectivity index (χ1) is 22.5. The Balaban J connectivity index is 1.38. The Labute approximate surface area is 277 Å². The van der Waals surface area contributed by atoms with Crippen LogP contribution < -0.4 is 25.6 Å². The van der Waals surface area contributed by atoms with Gasteiger partial charge in [0, 0.05) is 48.2 Å². The van der Waals surface area contributed by atoms with E-state index in [2.05, 4.69) is 16.0 Å². The second kappa shape index (κ2) is 13.8. The molecule has 0 aliphatic carbocycles. The molecule has 7 amide bonds. The van der Waals surface area contributed by atoms with Crippen LogP contribution in [0.15, 0.2) is 71.0 Å². The van der Waals surface area contributed by atoms with Gasteiger partial charge in [0.2, 0.25) is 18.0 Å². The zero-order valence-corrected chi connectivity index (χ0v) is 27.0. The van der Waals surface area contributed by atoms with Crippen LogP contribution in [-0.2, 0) is 35.8 Å². The van der Waals surface area contributed by atoms with E-state index in [9.17, 15) is 38.7 Å². The molecular formula is C30H31N7O8S2. The van der Waals surface area contributed by atoms with Gasteiger partial charge < -0.3 is 30.8 Å². The van der Waals surface area contributed by atoms with Crippen molar-refractivity contribution in [1.29, 1.82) is 0 Å². The fourth-order valence-corrected chi connectivity index (χ4v) is 7.88. The quantitative estimate of drug-likeness (QED) is 0.0610. The molecule has 1 aromatic heterocycles. The van der Waals surface area contributed by atoms with Gasteiger partial charge in [-0.25, -0.2) is 9.36 Å². The van der Waals surface area contributed by atoms with Gasteiger partial charge in [-0.15, -0.1) is 23.5 Å². The lowest BCUT2D eigenvalue weighted by atomic mass is 9.94. The first kappa shape index (κ1) is 33.5. The van der Waals surface area contributed by atoms with Crippen LogP contribution in [0.25, 0.3) is 0 Å². The highest BCUT2D eigenvalue weighted by Gasteiger charge is 2.65. The van der Waals surface area contributed by atoms with E-state index in [1.54, 1.807) is 25.1 Å². The maximum Gasteiger partial charge on any atom is 0.325 e. The van der Waals surface area contributed by atoms with Crippen LogP contribution in [0.2, 0.25) is 0 Å². The molecule has 4 heterocycles. The van der Waals surface area contributed by atoms with Gasteiger partial charge in [0.15, 0.2) is 12.4 Å². The van der Waals surface area contributed by atoms with E-state index in [0.29, 0.717) is 10.5 Å². The third-order valence-corrected chi connectivity index (χ3v) is 10.4. The van der Waals surface area contributed by atoms with E-state index >= 15 is 0 Å². The number of aryl methyl sites for hydroxylation is 1. The van der Waals surface area contributed by atoms with Crippen molar-refractivity contribution in [2.24, 2.45) is 7.05 Å². The molecule has 2 saturated heterocycles. The van der Waals surface area contributed by atoms with Crippen LogP contribution in [0.1, 0.15) is 18.5 Å². The first-order valence-electron chi connectivity index (χ1n) is 14.5. The lowest BCUT2D eigenvalue weighted by Gasteiger charge is -2.57. The fourth-order valence-electron chi connectivity index (χ4n) is 5.43. The highest BCUT2D eigenvalue weighted by Crippen LogP contribution is 2.45. The van der Waals surface area contributed by atoms with Gasteiger partial charge in [0.05, 0.1) is 11.7 Å². The number of aromatic nitrogens is 1. The molecular weight excluding hydrogens is 651 g/mol. The van der Waals surface area contributed by atoms with Gasteiger partial charge in [-0.2, -0.15) is 0 Å². The molecule has 0 spiro atoms. The molecule has 3 aliphatic heterocycles. The molecule has 0 bridgehead atoms. The predicted molar refractivity (Wildman–Crippen MR) is 165 cm³/mol. The number of carboxylic acids is 1. The summed E-state index contributed by atoms with van der Waals surface area (Å²) in [6.45, 7) is 2.00. The number of nitrogens with one attached hydrogen (secondary N) is 3. The van der Waals surface area contributed by atoms with E-state index < -0.39 is 52.7 Å². The molecule has 3 N–H and O–H groups in total. The zero-order chi connectivity index (χ0) is 33.9. The van der Waals surface area contributed by atoms with Crippen molar-refractivity contribution in [2.45, 2.75) is 28.9 Å². The van der Waals surface area contributed by atoms with Gasteiger partial charge >= 0.3 is 17.8 Å². The number of carbonyl (C=O) groups is 7. The highest BCUT2D eigenvalue weighted by molar-refractivity contribution is 8.01. The second-order valence-corrected chi connectivity index (χ2v) is 12.9. The molecule has 15 nitrogen and oxygen atoms in total. The summed E-state index contributed by atoms with van der Waals surface area (Å²) in [6.07, 6.45) is 3.91. The van der Waals surface area contributed by atoms with Crippen molar-refractivity contribution in [3.05, 3.63) is 71.7 Å². The molecule has 3 aliphatic rings. The molecule has 47 heavy (non-hydrogen) atoms. The van der Waals surface area contributed by atoms with Crippen LogP contribution >= 0.6 is 23.5 Å². The number of β-lactam (4-membered cyclic amide) rings is 1. The minimum absolute atomic E-state index is 0.0992. The summed E-state index contributed by atoms with van der Waals surface area (Å²) in [5.74, 6) is -4.94. The number of fused-ring (bicyclic) bond motifs is 1. The van der Waals surface area contributed by atoms with Crippen LogP contribution in [0.4, 0.5) is 4.79 Å². The number of amides is 7. The largest absolute Gasteiger partial charge is 0.543 e. The smallest absolute Gasteiger partial charge is 0.325 e. The molecule has 1 unspecified atom stereocenters. The summed E-state index contributed by atoms with van der Waals surface area (Å²) in [6, 6.07) is 9.20. The number of thioether (sulfide) groups is 2. The minimum atomic E-state index is -2.06. The standard InChI is InChI=1S/C30H31N7O8S2/c1-3-35-13-14-36(25(41)24(35)40)29(45)32-21(18-7-5-4-6-8-18)23(39)33-30(31-17-38)27(44)37-22(26(42)43)19(16-47-28(30)37)15-46-20-9-11-34(2)12-10-20/h4-12,17,21,28H,3,13-16H2,1-2H3,(H3-,31,32,33,38,39,42,43,45)/t21?,28-,30-/m1/s1. The SMILES string of the molecule is CCN1CCN(C(=O)NC(C(=O)N[C@]2(NC=O)C(=O)N3C(C(=O)[O-])=C(CSc4cc[n+](C)cc4)CS[C@@H]32)c2ccccc2)C(=O)C1=O. The number of carbonyl (C=O) groups excluding carboxylic acids is 7. The molecule has 2 aromatic rings. The third kappa shape index (κ3) is 6.40. The lowest BCUT2D eigenvalue weighted by Crippen LogP contribution is -2.85. The van der Waals surface area contributed by atoms with E-state index in [1.165, 1.54) is 28.8 Å². The minimum Gasteiger partial charge on any atom is -0.543 e. The fraction of sp³-hybridized carbons (Fsp3) is 0.333. The summed E-state index contributed by atoms with van der Waals surface area (Å²) < 4.78 is 1.85. The number of rotatable bonds is 11. The third-order valence-electron chi connectivity index (χ3n) is 7.91. The number of aliphatic carboxylic acids is 1. The van der Waals surface area contributed by atoms with Gasteiger partial charge in [0.25, 0.3) is 5.91 Å². The Morgan fingerprint density at radius 2 is 1.81 bits per heavy atom. The van der Waals surface area contributed by atoms with Crippen molar-refractivity contribution < 1.29 is 43.2 Å². The second-order valence-electron chi connectivity index (χ2n) is 10.8. The molecule has 2 fully saturated rings. The van der Waals surface area contributed by atoms with Crippen LogP contribution in [0, 0.1) is 0 Å². The van der Waals surface area contributed by atoms with Gasteiger partial charge in [-0.1, -0.05) is 30.3 Å². The maximum atomic E-state index is 13.9. The number of pyridine rings is 1. The normalized spacial score (nSPS) is 21.4. The Hall–Kier alpha value is -4.90. The topological polar surface area (TPSA) is 192 Å². The monoisotopic (exact) mass is 681 g/mol.